The predicted molar refractivity (Wildman–Crippen MR) is 83.5 cm³/mol. The van der Waals surface area contributed by atoms with Crippen LogP contribution in [0.5, 0.6) is 0 Å². The fourth-order valence-electron chi connectivity index (χ4n) is 4.14. The Morgan fingerprint density at radius 2 is 1.79 bits per heavy atom. The quantitative estimate of drug-likeness (QED) is 0.817. The van der Waals surface area contributed by atoms with Gasteiger partial charge in [0.1, 0.15) is 0 Å². The lowest BCUT2D eigenvalue weighted by Gasteiger charge is -2.39. The Morgan fingerprint density at radius 3 is 2.42 bits per heavy atom. The largest absolute Gasteiger partial charge is 0.317 e. The molecule has 0 bridgehead atoms. The molecule has 2 nitrogen and oxygen atoms in total. The highest BCUT2D eigenvalue weighted by atomic mass is 15.1. The van der Waals surface area contributed by atoms with Crippen LogP contribution in [0.15, 0.2) is 0 Å². The van der Waals surface area contributed by atoms with Gasteiger partial charge in [-0.15, -0.1) is 0 Å². The average molecular weight is 266 g/mol. The molecule has 0 aromatic heterocycles. The second-order valence-corrected chi connectivity index (χ2v) is 7.75. The molecule has 19 heavy (non-hydrogen) atoms. The molecule has 1 N–H and O–H groups in total. The van der Waals surface area contributed by atoms with E-state index in [1.165, 1.54) is 57.9 Å². The molecule has 0 aromatic rings. The van der Waals surface area contributed by atoms with E-state index in [-0.39, 0.29) is 0 Å². The summed E-state index contributed by atoms with van der Waals surface area (Å²) in [6.45, 7) is 6.16. The molecule has 2 rings (SSSR count). The molecule has 2 saturated carbocycles. The molecule has 0 radical (unpaired) electrons. The van der Waals surface area contributed by atoms with Crippen molar-refractivity contribution < 1.29 is 0 Å². The number of rotatable bonds is 5. The Kier molecular flexibility index (Phi) is 5.30. The van der Waals surface area contributed by atoms with Crippen molar-refractivity contribution in [1.82, 2.24) is 10.2 Å². The Labute approximate surface area is 120 Å². The van der Waals surface area contributed by atoms with Crippen LogP contribution in [-0.4, -0.2) is 37.6 Å². The van der Waals surface area contributed by atoms with Gasteiger partial charge in [-0.25, -0.2) is 0 Å². The lowest BCUT2D eigenvalue weighted by Crippen LogP contribution is -2.39. The van der Waals surface area contributed by atoms with E-state index in [2.05, 4.69) is 38.2 Å². The first-order chi connectivity index (χ1) is 9.02. The number of hydrogen-bond donors (Lipinski definition) is 1. The van der Waals surface area contributed by atoms with E-state index in [0.717, 1.165) is 18.0 Å². The van der Waals surface area contributed by atoms with Crippen molar-refractivity contribution in [2.45, 2.75) is 77.3 Å². The molecule has 2 fully saturated rings. The van der Waals surface area contributed by atoms with Crippen LogP contribution in [0.4, 0.5) is 0 Å². The van der Waals surface area contributed by atoms with Crippen molar-refractivity contribution in [2.75, 3.05) is 20.6 Å². The van der Waals surface area contributed by atoms with Gasteiger partial charge in [0.25, 0.3) is 0 Å². The number of nitrogens with one attached hydrogen (secondary N) is 1. The van der Waals surface area contributed by atoms with Crippen LogP contribution < -0.4 is 5.32 Å². The summed E-state index contributed by atoms with van der Waals surface area (Å²) in [5.41, 5.74) is 0.597. The van der Waals surface area contributed by atoms with Gasteiger partial charge in [0.15, 0.2) is 0 Å². The molecule has 2 atom stereocenters. The van der Waals surface area contributed by atoms with Gasteiger partial charge in [-0.3, -0.25) is 0 Å². The third-order valence-electron chi connectivity index (χ3n) is 5.81. The number of nitrogens with zero attached hydrogens (tertiary/aromatic N) is 1. The van der Waals surface area contributed by atoms with Gasteiger partial charge in [-0.1, -0.05) is 20.3 Å². The van der Waals surface area contributed by atoms with Gasteiger partial charge in [-0.2, -0.15) is 0 Å². The molecule has 0 spiro atoms. The molecule has 0 amide bonds. The Balaban J connectivity index is 1.71. The molecule has 0 aromatic carbocycles. The summed E-state index contributed by atoms with van der Waals surface area (Å²) in [6.07, 6.45) is 11.3. The van der Waals surface area contributed by atoms with Crippen molar-refractivity contribution >= 4 is 0 Å². The fraction of sp³-hybridized carbons (Fsp3) is 1.00. The summed E-state index contributed by atoms with van der Waals surface area (Å²) in [5, 5.41) is 3.51. The molecule has 2 aliphatic rings. The summed E-state index contributed by atoms with van der Waals surface area (Å²) in [5.74, 6) is 0.924. The summed E-state index contributed by atoms with van der Waals surface area (Å²) < 4.78 is 0. The Morgan fingerprint density at radius 1 is 1.11 bits per heavy atom. The average Bonchev–Trinajstić information content (AvgIpc) is 2.83. The molecule has 2 heteroatoms. The van der Waals surface area contributed by atoms with Crippen LogP contribution >= 0.6 is 0 Å². The van der Waals surface area contributed by atoms with Crippen molar-refractivity contribution in [1.29, 1.82) is 0 Å². The van der Waals surface area contributed by atoms with Crippen LogP contribution in [0, 0.1) is 11.3 Å². The van der Waals surface area contributed by atoms with Gasteiger partial charge in [0, 0.05) is 12.1 Å². The van der Waals surface area contributed by atoms with Crippen molar-refractivity contribution in [3.63, 3.8) is 0 Å². The lowest BCUT2D eigenvalue weighted by atomic mass is 9.75. The van der Waals surface area contributed by atoms with E-state index in [4.69, 9.17) is 0 Å². The molecule has 0 saturated heterocycles. The van der Waals surface area contributed by atoms with Crippen LogP contribution in [-0.2, 0) is 0 Å². The maximum atomic E-state index is 3.51. The minimum absolute atomic E-state index is 0.597. The van der Waals surface area contributed by atoms with Gasteiger partial charge >= 0.3 is 0 Å². The summed E-state index contributed by atoms with van der Waals surface area (Å²) in [4.78, 5) is 2.65. The first-order valence-electron chi connectivity index (χ1n) is 8.39. The number of hydrogen-bond acceptors (Lipinski definition) is 2. The molecule has 2 unspecified atom stereocenters. The minimum atomic E-state index is 0.597. The Bertz CT molecular complexity index is 264. The van der Waals surface area contributed by atoms with E-state index >= 15 is 0 Å². The highest BCUT2D eigenvalue weighted by molar-refractivity contribution is 4.85. The normalized spacial score (nSPS) is 32.1. The maximum absolute atomic E-state index is 3.51. The van der Waals surface area contributed by atoms with Crippen molar-refractivity contribution in [3.8, 4) is 0 Å². The van der Waals surface area contributed by atoms with Crippen molar-refractivity contribution in [2.24, 2.45) is 11.3 Å². The van der Waals surface area contributed by atoms with Gasteiger partial charge < -0.3 is 10.2 Å². The monoisotopic (exact) mass is 266 g/mol. The Hall–Kier alpha value is -0.0800. The van der Waals surface area contributed by atoms with E-state index in [1.54, 1.807) is 0 Å². The first kappa shape index (κ1) is 15.3. The SMILES string of the molecule is CNC1CCCC1CCN(C)C1CCC(C)(C)CC1. The van der Waals surface area contributed by atoms with Crippen LogP contribution in [0.3, 0.4) is 0 Å². The zero-order chi connectivity index (χ0) is 13.9. The highest BCUT2D eigenvalue weighted by Crippen LogP contribution is 2.37. The van der Waals surface area contributed by atoms with Gasteiger partial charge in [0.05, 0.1) is 0 Å². The maximum Gasteiger partial charge on any atom is 0.00928 e. The van der Waals surface area contributed by atoms with Gasteiger partial charge in [0.2, 0.25) is 0 Å². The van der Waals surface area contributed by atoms with Gasteiger partial charge in [-0.05, 0) is 76.9 Å². The van der Waals surface area contributed by atoms with E-state index in [9.17, 15) is 0 Å². The van der Waals surface area contributed by atoms with Crippen LogP contribution in [0.1, 0.15) is 65.2 Å². The van der Waals surface area contributed by atoms with E-state index < -0.39 is 0 Å². The molecule has 0 aliphatic heterocycles. The summed E-state index contributed by atoms with van der Waals surface area (Å²) in [6, 6.07) is 1.64. The first-order valence-corrected chi connectivity index (χ1v) is 8.39. The van der Waals surface area contributed by atoms with E-state index in [0.29, 0.717) is 5.41 Å². The second-order valence-electron chi connectivity index (χ2n) is 7.75. The van der Waals surface area contributed by atoms with Crippen LogP contribution in [0.2, 0.25) is 0 Å². The van der Waals surface area contributed by atoms with E-state index in [1.807, 2.05) is 0 Å². The van der Waals surface area contributed by atoms with Crippen molar-refractivity contribution in [3.05, 3.63) is 0 Å². The third kappa shape index (κ3) is 4.19. The molecule has 2 aliphatic carbocycles. The highest BCUT2D eigenvalue weighted by Gasteiger charge is 2.30. The lowest BCUT2D eigenvalue weighted by molar-refractivity contribution is 0.121. The smallest absolute Gasteiger partial charge is 0.00928 e. The molecular formula is C17H34N2. The standard InChI is InChI=1S/C17H34N2/c1-17(2)11-8-15(9-12-17)19(4)13-10-14-6-5-7-16(14)18-3/h14-16,18H,5-13H2,1-4H3. The zero-order valence-corrected chi connectivity index (χ0v) is 13.5. The fourth-order valence-corrected chi connectivity index (χ4v) is 4.14. The van der Waals surface area contributed by atoms with Crippen LogP contribution in [0.25, 0.3) is 0 Å². The molecule has 112 valence electrons. The summed E-state index contributed by atoms with van der Waals surface area (Å²) in [7, 11) is 4.49. The molecular weight excluding hydrogens is 232 g/mol. The molecule has 0 heterocycles. The second kappa shape index (κ2) is 6.58. The predicted octanol–water partition coefficient (Wildman–Crippen LogP) is 3.67. The topological polar surface area (TPSA) is 15.3 Å². The zero-order valence-electron chi connectivity index (χ0n) is 13.5. The summed E-state index contributed by atoms with van der Waals surface area (Å²) >= 11 is 0. The third-order valence-corrected chi connectivity index (χ3v) is 5.81. The minimum Gasteiger partial charge on any atom is -0.317 e.